The molecule has 0 aromatic carbocycles. The van der Waals surface area contributed by atoms with Gasteiger partial charge in [-0.05, 0) is 6.07 Å². The largest absolute Gasteiger partial charge is 0.397 e. The maximum absolute atomic E-state index is 11.6. The van der Waals surface area contributed by atoms with Crippen molar-refractivity contribution in [2.24, 2.45) is 7.05 Å². The summed E-state index contributed by atoms with van der Waals surface area (Å²) in [6.45, 7) is 0. The molecule has 0 atom stereocenters. The molecule has 15 heavy (non-hydrogen) atoms. The topological polar surface area (TPSA) is 88.7 Å². The van der Waals surface area contributed by atoms with Gasteiger partial charge in [0.1, 0.15) is 5.69 Å². The summed E-state index contributed by atoms with van der Waals surface area (Å²) in [5.41, 5.74) is 6.43. The molecule has 2 aromatic rings. The third-order valence-electron chi connectivity index (χ3n) is 1.91. The van der Waals surface area contributed by atoms with Crippen LogP contribution in [-0.4, -0.2) is 20.7 Å². The number of aryl methyl sites for hydroxylation is 1. The molecule has 0 aliphatic carbocycles. The number of aromatic nitrogens is 3. The first-order valence-corrected chi connectivity index (χ1v) is 4.40. The summed E-state index contributed by atoms with van der Waals surface area (Å²) < 4.78 is 1.61. The summed E-state index contributed by atoms with van der Waals surface area (Å²) in [5, 5.41) is 6.66. The third kappa shape index (κ3) is 1.98. The predicted molar refractivity (Wildman–Crippen MR) is 56.4 cm³/mol. The van der Waals surface area contributed by atoms with Crippen LogP contribution in [0.4, 0.5) is 11.5 Å². The predicted octanol–water partition coefficient (Wildman–Crippen LogP) is 0.583. The highest BCUT2D eigenvalue weighted by Gasteiger charge is 2.08. The second-order valence-corrected chi connectivity index (χ2v) is 3.18. The van der Waals surface area contributed by atoms with E-state index in [1.54, 1.807) is 36.3 Å². The molecule has 2 rings (SSSR count). The first-order valence-electron chi connectivity index (χ1n) is 4.40. The molecule has 0 unspecified atom stereocenters. The summed E-state index contributed by atoms with van der Waals surface area (Å²) in [6.07, 6.45) is 3.31. The van der Waals surface area contributed by atoms with Gasteiger partial charge in [-0.1, -0.05) is 0 Å². The fourth-order valence-electron chi connectivity index (χ4n) is 1.21. The van der Waals surface area contributed by atoms with Gasteiger partial charge in [0.2, 0.25) is 0 Å². The lowest BCUT2D eigenvalue weighted by Gasteiger charge is -1.98. The van der Waals surface area contributed by atoms with Gasteiger partial charge in [0.15, 0.2) is 5.82 Å². The highest BCUT2D eigenvalue weighted by Crippen LogP contribution is 2.08. The van der Waals surface area contributed by atoms with Crippen molar-refractivity contribution in [2.75, 3.05) is 11.1 Å². The lowest BCUT2D eigenvalue weighted by Crippen LogP contribution is -2.12. The second-order valence-electron chi connectivity index (χ2n) is 3.18. The molecule has 4 N–H and O–H groups in total. The number of carbonyl (C=O) groups excluding carboxylic acids is 1. The minimum atomic E-state index is -0.259. The smallest absolute Gasteiger partial charge is 0.273 e. The number of hydrogen-bond donors (Lipinski definition) is 3. The van der Waals surface area contributed by atoms with Crippen molar-refractivity contribution in [1.82, 2.24) is 14.8 Å². The van der Waals surface area contributed by atoms with Gasteiger partial charge in [-0.2, -0.15) is 5.10 Å². The van der Waals surface area contributed by atoms with E-state index in [2.05, 4.69) is 15.4 Å². The van der Waals surface area contributed by atoms with Crippen LogP contribution in [0.5, 0.6) is 0 Å². The molecule has 0 saturated heterocycles. The molecule has 1 amide bonds. The Morgan fingerprint density at radius 2 is 2.47 bits per heavy atom. The van der Waals surface area contributed by atoms with E-state index in [1.807, 2.05) is 0 Å². The first kappa shape index (κ1) is 9.32. The van der Waals surface area contributed by atoms with Crippen molar-refractivity contribution in [3.8, 4) is 0 Å². The number of amides is 1. The van der Waals surface area contributed by atoms with Crippen molar-refractivity contribution in [1.29, 1.82) is 0 Å². The van der Waals surface area contributed by atoms with Crippen LogP contribution < -0.4 is 11.1 Å². The number of nitrogens with zero attached hydrogens (tertiary/aromatic N) is 2. The number of nitrogens with one attached hydrogen (secondary N) is 2. The zero-order valence-corrected chi connectivity index (χ0v) is 8.19. The molecule has 0 fully saturated rings. The van der Waals surface area contributed by atoms with E-state index >= 15 is 0 Å². The van der Waals surface area contributed by atoms with Crippen LogP contribution in [-0.2, 0) is 7.05 Å². The van der Waals surface area contributed by atoms with Crippen LogP contribution >= 0.6 is 0 Å². The van der Waals surface area contributed by atoms with Crippen LogP contribution in [0.15, 0.2) is 24.5 Å². The second kappa shape index (κ2) is 3.49. The van der Waals surface area contributed by atoms with Gasteiger partial charge in [-0.15, -0.1) is 0 Å². The van der Waals surface area contributed by atoms with Crippen LogP contribution in [0.3, 0.4) is 0 Å². The summed E-state index contributed by atoms with van der Waals surface area (Å²) in [6, 6.07) is 3.28. The standard InChI is InChI=1S/C9H11N5O/c1-14-3-2-8(13-14)12-9(15)7-4-6(10)5-11-7/h2-5,11H,10H2,1H3,(H,12,13,15). The monoisotopic (exact) mass is 205 g/mol. The molecule has 0 aliphatic heterocycles. The molecular weight excluding hydrogens is 194 g/mol. The number of rotatable bonds is 2. The number of nitrogen functional groups attached to an aromatic ring is 1. The SMILES string of the molecule is Cn1ccc(NC(=O)c2cc(N)c[nH]2)n1. The minimum Gasteiger partial charge on any atom is -0.397 e. The maximum atomic E-state index is 11.6. The molecule has 0 spiro atoms. The number of H-pyrrole nitrogens is 1. The van der Waals surface area contributed by atoms with E-state index in [0.717, 1.165) is 0 Å². The normalized spacial score (nSPS) is 10.2. The Labute approximate surface area is 86.1 Å². The highest BCUT2D eigenvalue weighted by molar-refractivity contribution is 6.02. The third-order valence-corrected chi connectivity index (χ3v) is 1.91. The number of nitrogens with two attached hydrogens (primary N) is 1. The molecule has 0 aliphatic rings. The Hall–Kier alpha value is -2.24. The van der Waals surface area contributed by atoms with Crippen molar-refractivity contribution >= 4 is 17.4 Å². The summed E-state index contributed by atoms with van der Waals surface area (Å²) in [7, 11) is 1.78. The Kier molecular flexibility index (Phi) is 2.17. The zero-order valence-electron chi connectivity index (χ0n) is 8.19. The lowest BCUT2D eigenvalue weighted by molar-refractivity contribution is 0.102. The van der Waals surface area contributed by atoms with Crippen LogP contribution in [0.1, 0.15) is 10.5 Å². The van der Waals surface area contributed by atoms with E-state index in [9.17, 15) is 4.79 Å². The van der Waals surface area contributed by atoms with Gasteiger partial charge >= 0.3 is 0 Å². The average molecular weight is 205 g/mol. The molecule has 2 aromatic heterocycles. The van der Waals surface area contributed by atoms with Crippen molar-refractivity contribution < 1.29 is 4.79 Å². The first-order chi connectivity index (χ1) is 7.15. The maximum Gasteiger partial charge on any atom is 0.273 e. The van der Waals surface area contributed by atoms with Crippen molar-refractivity contribution in [3.05, 3.63) is 30.2 Å². The quantitative estimate of drug-likeness (QED) is 0.670. The van der Waals surface area contributed by atoms with Gasteiger partial charge in [0.25, 0.3) is 5.91 Å². The zero-order chi connectivity index (χ0) is 10.8. The van der Waals surface area contributed by atoms with Gasteiger partial charge in [-0.3, -0.25) is 9.48 Å². The van der Waals surface area contributed by atoms with E-state index < -0.39 is 0 Å². The average Bonchev–Trinajstić information content (AvgIpc) is 2.75. The molecule has 0 radical (unpaired) electrons. The van der Waals surface area contributed by atoms with Gasteiger partial charge in [-0.25, -0.2) is 0 Å². The van der Waals surface area contributed by atoms with Gasteiger partial charge < -0.3 is 16.0 Å². The van der Waals surface area contributed by atoms with Crippen LogP contribution in [0.25, 0.3) is 0 Å². The molecule has 6 heteroatoms. The van der Waals surface area contributed by atoms with Crippen molar-refractivity contribution in [3.63, 3.8) is 0 Å². The van der Waals surface area contributed by atoms with Gasteiger partial charge in [0.05, 0.1) is 0 Å². The molecule has 0 saturated carbocycles. The minimum absolute atomic E-state index is 0.259. The Bertz CT molecular complexity index is 484. The van der Waals surface area contributed by atoms with E-state index in [4.69, 9.17) is 5.73 Å². The fourth-order valence-corrected chi connectivity index (χ4v) is 1.21. The van der Waals surface area contributed by atoms with Crippen LogP contribution in [0.2, 0.25) is 0 Å². The lowest BCUT2D eigenvalue weighted by atomic mass is 10.4. The Morgan fingerprint density at radius 3 is 3.00 bits per heavy atom. The summed E-state index contributed by atoms with van der Waals surface area (Å²) in [5.74, 6) is 0.251. The fraction of sp³-hybridized carbons (Fsp3) is 0.111. The Balaban J connectivity index is 2.10. The molecular formula is C9H11N5O. The molecule has 2 heterocycles. The van der Waals surface area contributed by atoms with E-state index in [0.29, 0.717) is 17.2 Å². The number of carbonyl (C=O) groups is 1. The molecule has 6 nitrogen and oxygen atoms in total. The Morgan fingerprint density at radius 1 is 1.67 bits per heavy atom. The van der Waals surface area contributed by atoms with Crippen LogP contribution in [0, 0.1) is 0 Å². The summed E-state index contributed by atoms with van der Waals surface area (Å²) >= 11 is 0. The molecule has 0 bridgehead atoms. The van der Waals surface area contributed by atoms with E-state index in [-0.39, 0.29) is 5.91 Å². The van der Waals surface area contributed by atoms with Gasteiger partial charge in [0, 0.05) is 31.2 Å². The van der Waals surface area contributed by atoms with Crippen molar-refractivity contribution in [2.45, 2.75) is 0 Å². The number of anilines is 2. The number of hydrogen-bond acceptors (Lipinski definition) is 3. The molecule has 78 valence electrons. The van der Waals surface area contributed by atoms with E-state index in [1.165, 1.54) is 0 Å². The number of aromatic amines is 1. The highest BCUT2D eigenvalue weighted by atomic mass is 16.1. The summed E-state index contributed by atoms with van der Waals surface area (Å²) in [4.78, 5) is 14.4.